The van der Waals surface area contributed by atoms with Crippen molar-refractivity contribution in [2.75, 3.05) is 14.2 Å². The van der Waals surface area contributed by atoms with E-state index in [2.05, 4.69) is 5.32 Å². The number of carbonyl (C=O) groups is 1. The molecule has 5 heteroatoms. The number of carbonyl (C=O) groups excluding carboxylic acids is 1. The minimum Gasteiger partial charge on any atom is -0.508 e. The van der Waals surface area contributed by atoms with Crippen LogP contribution in [-0.2, 0) is 9.53 Å². The minimum atomic E-state index is -0.761. The van der Waals surface area contributed by atoms with Crippen LogP contribution >= 0.6 is 11.6 Å². The van der Waals surface area contributed by atoms with Gasteiger partial charge >= 0.3 is 0 Å². The molecule has 2 N–H and O–H groups in total. The third kappa shape index (κ3) is 2.61. The van der Waals surface area contributed by atoms with E-state index in [1.165, 1.54) is 26.3 Å². The molecule has 1 atom stereocenters. The summed E-state index contributed by atoms with van der Waals surface area (Å²) in [5.74, 6) is -0.236. The first kappa shape index (κ1) is 11.8. The number of ether oxygens (including phenoxy) is 1. The SMILES string of the molecule is CNC(=O)C(OC)c1ccc(O)cc1Cl. The van der Waals surface area contributed by atoms with E-state index in [1.807, 2.05) is 0 Å². The van der Waals surface area contributed by atoms with Crippen molar-refractivity contribution in [1.82, 2.24) is 5.32 Å². The molecule has 0 aromatic heterocycles. The van der Waals surface area contributed by atoms with E-state index in [4.69, 9.17) is 21.4 Å². The highest BCUT2D eigenvalue weighted by atomic mass is 35.5. The molecule has 0 fully saturated rings. The predicted molar refractivity (Wildman–Crippen MR) is 56.9 cm³/mol. The Morgan fingerprint density at radius 1 is 1.60 bits per heavy atom. The quantitative estimate of drug-likeness (QED) is 0.826. The molecule has 1 unspecified atom stereocenters. The standard InChI is InChI=1S/C10H12ClNO3/c1-12-10(14)9(15-2)7-4-3-6(13)5-8(7)11/h3-5,9,13H,1-2H3,(H,12,14). The molecule has 1 aromatic carbocycles. The summed E-state index contributed by atoms with van der Waals surface area (Å²) in [7, 11) is 2.94. The highest BCUT2D eigenvalue weighted by Gasteiger charge is 2.21. The van der Waals surface area contributed by atoms with Gasteiger partial charge in [0, 0.05) is 19.7 Å². The van der Waals surface area contributed by atoms with Gasteiger partial charge in [0.1, 0.15) is 5.75 Å². The third-order valence-electron chi connectivity index (χ3n) is 1.99. The number of halogens is 1. The van der Waals surface area contributed by atoms with Gasteiger partial charge in [0.15, 0.2) is 6.10 Å². The van der Waals surface area contributed by atoms with Crippen molar-refractivity contribution >= 4 is 17.5 Å². The zero-order valence-corrected chi connectivity index (χ0v) is 9.21. The molecular formula is C10H12ClNO3. The summed E-state index contributed by atoms with van der Waals surface area (Å²) >= 11 is 5.88. The van der Waals surface area contributed by atoms with E-state index in [9.17, 15) is 4.79 Å². The number of likely N-dealkylation sites (N-methyl/N-ethyl adjacent to an activating group) is 1. The first-order chi connectivity index (χ1) is 7.10. The molecule has 0 saturated carbocycles. The van der Waals surface area contributed by atoms with Gasteiger partial charge in [0.05, 0.1) is 5.02 Å². The van der Waals surface area contributed by atoms with Crippen LogP contribution in [0.25, 0.3) is 0 Å². The van der Waals surface area contributed by atoms with Crippen LogP contribution < -0.4 is 5.32 Å². The van der Waals surface area contributed by atoms with Crippen LogP contribution in [0.1, 0.15) is 11.7 Å². The molecule has 0 aliphatic heterocycles. The number of methoxy groups -OCH3 is 1. The van der Waals surface area contributed by atoms with Crippen LogP contribution in [0, 0.1) is 0 Å². The minimum absolute atomic E-state index is 0.0514. The fraction of sp³-hybridized carbons (Fsp3) is 0.300. The summed E-state index contributed by atoms with van der Waals surface area (Å²) in [5.41, 5.74) is 0.524. The summed E-state index contributed by atoms with van der Waals surface area (Å²) in [6, 6.07) is 4.38. The highest BCUT2D eigenvalue weighted by Crippen LogP contribution is 2.28. The second kappa shape index (κ2) is 5.00. The number of nitrogens with one attached hydrogen (secondary N) is 1. The molecule has 0 saturated heterocycles. The smallest absolute Gasteiger partial charge is 0.253 e. The monoisotopic (exact) mass is 229 g/mol. The molecule has 15 heavy (non-hydrogen) atoms. The van der Waals surface area contributed by atoms with Crippen molar-refractivity contribution in [3.8, 4) is 5.75 Å². The maximum Gasteiger partial charge on any atom is 0.253 e. The number of benzene rings is 1. The van der Waals surface area contributed by atoms with E-state index in [-0.39, 0.29) is 11.7 Å². The second-order valence-corrected chi connectivity index (χ2v) is 3.34. The Bertz CT molecular complexity index is 368. The summed E-state index contributed by atoms with van der Waals surface area (Å²) in [4.78, 5) is 11.4. The van der Waals surface area contributed by atoms with Crippen molar-refractivity contribution < 1.29 is 14.6 Å². The normalized spacial score (nSPS) is 12.2. The molecular weight excluding hydrogens is 218 g/mol. The van der Waals surface area contributed by atoms with Gasteiger partial charge in [0.25, 0.3) is 5.91 Å². The molecule has 0 spiro atoms. The molecule has 1 aromatic rings. The second-order valence-electron chi connectivity index (χ2n) is 2.94. The first-order valence-electron chi connectivity index (χ1n) is 4.33. The lowest BCUT2D eigenvalue weighted by Crippen LogP contribution is -2.27. The largest absolute Gasteiger partial charge is 0.508 e. The predicted octanol–water partition coefficient (Wildman–Crippen LogP) is 1.48. The average molecular weight is 230 g/mol. The van der Waals surface area contributed by atoms with Crippen LogP contribution in [0.5, 0.6) is 5.75 Å². The zero-order chi connectivity index (χ0) is 11.4. The summed E-state index contributed by atoms with van der Waals surface area (Å²) < 4.78 is 5.03. The van der Waals surface area contributed by atoms with Crippen molar-refractivity contribution in [2.45, 2.75) is 6.10 Å². The van der Waals surface area contributed by atoms with E-state index in [1.54, 1.807) is 6.07 Å². The first-order valence-corrected chi connectivity index (χ1v) is 4.70. The van der Waals surface area contributed by atoms with Crippen molar-refractivity contribution in [2.24, 2.45) is 0 Å². The van der Waals surface area contributed by atoms with Gasteiger partial charge in [-0.1, -0.05) is 17.7 Å². The van der Waals surface area contributed by atoms with Crippen LogP contribution in [0.2, 0.25) is 5.02 Å². The van der Waals surface area contributed by atoms with Crippen LogP contribution in [0.15, 0.2) is 18.2 Å². The van der Waals surface area contributed by atoms with Gasteiger partial charge in [-0.25, -0.2) is 0 Å². The van der Waals surface area contributed by atoms with E-state index < -0.39 is 6.10 Å². The zero-order valence-electron chi connectivity index (χ0n) is 8.45. The maximum absolute atomic E-state index is 11.4. The molecule has 0 bridgehead atoms. The Hall–Kier alpha value is -1.26. The fourth-order valence-corrected chi connectivity index (χ4v) is 1.51. The lowest BCUT2D eigenvalue weighted by atomic mass is 10.1. The van der Waals surface area contributed by atoms with Gasteiger partial charge in [-0.2, -0.15) is 0 Å². The highest BCUT2D eigenvalue weighted by molar-refractivity contribution is 6.31. The van der Waals surface area contributed by atoms with Crippen molar-refractivity contribution in [1.29, 1.82) is 0 Å². The topological polar surface area (TPSA) is 58.6 Å². The maximum atomic E-state index is 11.4. The number of hydrogen-bond donors (Lipinski definition) is 2. The van der Waals surface area contributed by atoms with Crippen molar-refractivity contribution in [3.63, 3.8) is 0 Å². The van der Waals surface area contributed by atoms with E-state index >= 15 is 0 Å². The number of phenols is 1. The summed E-state index contributed by atoms with van der Waals surface area (Å²) in [5, 5.41) is 11.9. The Balaban J connectivity index is 3.07. The number of phenolic OH excluding ortho intramolecular Hbond substituents is 1. The molecule has 0 heterocycles. The van der Waals surface area contributed by atoms with Gasteiger partial charge < -0.3 is 15.2 Å². The number of amides is 1. The third-order valence-corrected chi connectivity index (χ3v) is 2.31. The Morgan fingerprint density at radius 3 is 2.73 bits per heavy atom. The van der Waals surface area contributed by atoms with Crippen LogP contribution in [0.3, 0.4) is 0 Å². The van der Waals surface area contributed by atoms with Crippen molar-refractivity contribution in [3.05, 3.63) is 28.8 Å². The van der Waals surface area contributed by atoms with Gasteiger partial charge in [-0.15, -0.1) is 0 Å². The Labute approximate surface area is 92.8 Å². The lowest BCUT2D eigenvalue weighted by molar-refractivity contribution is -0.130. The summed E-state index contributed by atoms with van der Waals surface area (Å²) in [6.07, 6.45) is -0.761. The Kier molecular flexibility index (Phi) is 3.94. The molecule has 0 radical (unpaired) electrons. The molecule has 4 nitrogen and oxygen atoms in total. The van der Waals surface area contributed by atoms with Crippen LogP contribution in [0.4, 0.5) is 0 Å². The molecule has 1 rings (SSSR count). The lowest BCUT2D eigenvalue weighted by Gasteiger charge is -2.15. The van der Waals surface area contributed by atoms with E-state index in [0.29, 0.717) is 10.6 Å². The average Bonchev–Trinajstić information content (AvgIpc) is 2.21. The molecule has 0 aliphatic carbocycles. The molecule has 82 valence electrons. The number of hydrogen-bond acceptors (Lipinski definition) is 3. The van der Waals surface area contributed by atoms with Gasteiger partial charge in [-0.05, 0) is 12.1 Å². The summed E-state index contributed by atoms with van der Waals surface area (Å²) in [6.45, 7) is 0. The van der Waals surface area contributed by atoms with Gasteiger partial charge in [-0.3, -0.25) is 4.79 Å². The Morgan fingerprint density at radius 2 is 2.27 bits per heavy atom. The fourth-order valence-electron chi connectivity index (χ4n) is 1.24. The number of aromatic hydroxyl groups is 1. The van der Waals surface area contributed by atoms with Crippen LogP contribution in [-0.4, -0.2) is 25.2 Å². The molecule has 1 amide bonds. The molecule has 0 aliphatic rings. The van der Waals surface area contributed by atoms with Gasteiger partial charge in [0.2, 0.25) is 0 Å². The number of rotatable bonds is 3. The van der Waals surface area contributed by atoms with E-state index in [0.717, 1.165) is 0 Å².